The largest absolute Gasteiger partial charge is 0.348 e. The third kappa shape index (κ3) is 3.24. The Bertz CT molecular complexity index is 811. The lowest BCUT2D eigenvalue weighted by molar-refractivity contribution is -0.120. The van der Waals surface area contributed by atoms with Gasteiger partial charge < -0.3 is 9.88 Å². The first-order valence-electron chi connectivity index (χ1n) is 8.54. The Morgan fingerprint density at radius 1 is 1.16 bits per heavy atom. The number of aromatic nitrogens is 1. The quantitative estimate of drug-likeness (QED) is 0.862. The molecule has 2 fully saturated rings. The van der Waals surface area contributed by atoms with E-state index in [4.69, 9.17) is 0 Å². The average molecular weight is 363 g/mol. The molecule has 4 rings (SSSR count). The van der Waals surface area contributed by atoms with Crippen LogP contribution in [0.4, 0.5) is 10.5 Å². The van der Waals surface area contributed by atoms with Crippen LogP contribution in [0.1, 0.15) is 30.7 Å². The Balaban J connectivity index is 0.00000182. The van der Waals surface area contributed by atoms with E-state index in [1.54, 1.807) is 4.90 Å². The first-order valence-corrected chi connectivity index (χ1v) is 8.54. The van der Waals surface area contributed by atoms with Gasteiger partial charge in [0.25, 0.3) is 0 Å². The van der Waals surface area contributed by atoms with Gasteiger partial charge in [-0.1, -0.05) is 12.1 Å². The van der Waals surface area contributed by atoms with E-state index in [-0.39, 0.29) is 24.3 Å². The second-order valence-electron chi connectivity index (χ2n) is 6.68. The molecule has 2 aliphatic heterocycles. The van der Waals surface area contributed by atoms with E-state index < -0.39 is 0 Å². The van der Waals surface area contributed by atoms with E-state index in [0.717, 1.165) is 29.7 Å². The fraction of sp³-hybridized carbons (Fsp3) is 0.444. The van der Waals surface area contributed by atoms with Crippen LogP contribution in [0.5, 0.6) is 0 Å². The number of carbonyl (C=O) groups is 2. The van der Waals surface area contributed by atoms with Crippen molar-refractivity contribution in [2.75, 3.05) is 24.5 Å². The Morgan fingerprint density at radius 3 is 2.64 bits per heavy atom. The number of nitrogens with one attached hydrogen (secondary N) is 2. The second kappa shape index (κ2) is 7.06. The fourth-order valence-corrected chi connectivity index (χ4v) is 3.80. The van der Waals surface area contributed by atoms with Crippen molar-refractivity contribution in [3.05, 3.63) is 30.0 Å². The van der Waals surface area contributed by atoms with Crippen molar-refractivity contribution >= 4 is 40.9 Å². The van der Waals surface area contributed by atoms with E-state index >= 15 is 0 Å². The minimum Gasteiger partial charge on any atom is -0.348 e. The topological polar surface area (TPSA) is 66.4 Å². The van der Waals surface area contributed by atoms with Gasteiger partial charge >= 0.3 is 6.03 Å². The van der Waals surface area contributed by atoms with E-state index in [1.165, 1.54) is 18.4 Å². The predicted molar refractivity (Wildman–Crippen MR) is 101 cm³/mol. The van der Waals surface area contributed by atoms with Crippen molar-refractivity contribution in [3.8, 4) is 0 Å². The Labute approximate surface area is 153 Å². The molecule has 0 saturated carbocycles. The predicted octanol–water partition coefficient (Wildman–Crippen LogP) is 2.51. The van der Waals surface area contributed by atoms with Crippen molar-refractivity contribution in [1.82, 2.24) is 15.2 Å². The van der Waals surface area contributed by atoms with Gasteiger partial charge in [0.2, 0.25) is 5.91 Å². The number of urea groups is 1. The number of amides is 3. The number of hydrogen-bond donors (Lipinski definition) is 2. The molecule has 134 valence electrons. The van der Waals surface area contributed by atoms with Crippen LogP contribution in [0.25, 0.3) is 10.9 Å². The molecule has 3 heterocycles. The molecular formula is C18H23ClN4O2. The Hall–Kier alpha value is -2.05. The standard InChI is InChI=1S/C18H22N4O2.ClH/c1-21-11-16(22-9-6-17(23)20-18(22)24)14-3-2-13(10-15(14)21)12-4-7-19-8-5-12;/h2-3,10-12,19H,4-9H2,1H3,(H,20,23,24);1H. The van der Waals surface area contributed by atoms with Gasteiger partial charge in [0.15, 0.2) is 0 Å². The molecule has 2 aliphatic rings. The van der Waals surface area contributed by atoms with E-state index in [0.29, 0.717) is 18.9 Å². The number of anilines is 1. The SMILES string of the molecule is Cl.Cn1cc(N2CCC(=O)NC2=O)c2ccc(C3CCNCC3)cc21. The van der Waals surface area contributed by atoms with Gasteiger partial charge in [0.1, 0.15) is 0 Å². The molecule has 7 heteroatoms. The summed E-state index contributed by atoms with van der Waals surface area (Å²) < 4.78 is 2.07. The molecule has 0 radical (unpaired) electrons. The second-order valence-corrected chi connectivity index (χ2v) is 6.68. The highest BCUT2D eigenvalue weighted by Gasteiger charge is 2.27. The summed E-state index contributed by atoms with van der Waals surface area (Å²) in [6.45, 7) is 2.58. The van der Waals surface area contributed by atoms with Gasteiger partial charge in [0.05, 0.1) is 11.2 Å². The molecule has 25 heavy (non-hydrogen) atoms. The third-order valence-electron chi connectivity index (χ3n) is 5.15. The fourth-order valence-electron chi connectivity index (χ4n) is 3.80. The van der Waals surface area contributed by atoms with Crippen molar-refractivity contribution in [3.63, 3.8) is 0 Å². The molecule has 2 aromatic rings. The number of imide groups is 1. The molecule has 0 unspecified atom stereocenters. The van der Waals surface area contributed by atoms with Crippen LogP contribution in [-0.4, -0.2) is 36.1 Å². The maximum Gasteiger partial charge on any atom is 0.328 e. The smallest absolute Gasteiger partial charge is 0.328 e. The Kier molecular flexibility index (Phi) is 5.01. The van der Waals surface area contributed by atoms with Crippen LogP contribution in [0.2, 0.25) is 0 Å². The number of hydrogen-bond acceptors (Lipinski definition) is 3. The molecule has 2 saturated heterocycles. The lowest BCUT2D eigenvalue weighted by Crippen LogP contribution is -2.49. The van der Waals surface area contributed by atoms with Crippen LogP contribution < -0.4 is 15.5 Å². The molecule has 0 spiro atoms. The van der Waals surface area contributed by atoms with Crippen molar-refractivity contribution in [2.45, 2.75) is 25.2 Å². The number of aryl methyl sites for hydroxylation is 1. The molecule has 1 aromatic carbocycles. The van der Waals surface area contributed by atoms with Crippen molar-refractivity contribution in [2.24, 2.45) is 7.05 Å². The molecule has 0 aliphatic carbocycles. The monoisotopic (exact) mass is 362 g/mol. The lowest BCUT2D eigenvalue weighted by atomic mass is 9.90. The van der Waals surface area contributed by atoms with Gasteiger partial charge in [-0.05, 0) is 43.5 Å². The van der Waals surface area contributed by atoms with E-state index in [9.17, 15) is 9.59 Å². The Morgan fingerprint density at radius 2 is 1.92 bits per heavy atom. The van der Waals surface area contributed by atoms with Gasteiger partial charge in [0, 0.05) is 31.6 Å². The number of piperidine rings is 1. The van der Waals surface area contributed by atoms with Gasteiger partial charge in [-0.25, -0.2) is 4.79 Å². The highest BCUT2D eigenvalue weighted by Crippen LogP contribution is 2.34. The van der Waals surface area contributed by atoms with Crippen LogP contribution >= 0.6 is 12.4 Å². The number of rotatable bonds is 2. The van der Waals surface area contributed by atoms with Crippen LogP contribution in [0, 0.1) is 0 Å². The highest BCUT2D eigenvalue weighted by atomic mass is 35.5. The zero-order chi connectivity index (χ0) is 16.7. The molecular weight excluding hydrogens is 340 g/mol. The normalized spacial score (nSPS) is 19.0. The van der Waals surface area contributed by atoms with Gasteiger partial charge in [-0.2, -0.15) is 0 Å². The third-order valence-corrected chi connectivity index (χ3v) is 5.15. The maximum absolute atomic E-state index is 12.2. The minimum atomic E-state index is -0.332. The average Bonchev–Trinajstić information content (AvgIpc) is 2.92. The summed E-state index contributed by atoms with van der Waals surface area (Å²) in [5, 5.41) is 6.86. The van der Waals surface area contributed by atoms with E-state index in [2.05, 4.69) is 33.4 Å². The number of nitrogens with zero attached hydrogens (tertiary/aromatic N) is 2. The molecule has 2 N–H and O–H groups in total. The van der Waals surface area contributed by atoms with Crippen molar-refractivity contribution < 1.29 is 9.59 Å². The van der Waals surface area contributed by atoms with E-state index in [1.807, 2.05) is 13.2 Å². The summed E-state index contributed by atoms with van der Waals surface area (Å²) >= 11 is 0. The van der Waals surface area contributed by atoms with Crippen LogP contribution in [0.15, 0.2) is 24.4 Å². The zero-order valence-corrected chi connectivity index (χ0v) is 15.1. The summed E-state index contributed by atoms with van der Waals surface area (Å²) in [5.41, 5.74) is 3.37. The van der Waals surface area contributed by atoms with Gasteiger partial charge in [-0.3, -0.25) is 15.0 Å². The lowest BCUT2D eigenvalue weighted by Gasteiger charge is -2.26. The molecule has 6 nitrogen and oxygen atoms in total. The summed E-state index contributed by atoms with van der Waals surface area (Å²) in [5.74, 6) is 0.398. The molecule has 0 bridgehead atoms. The summed E-state index contributed by atoms with van der Waals surface area (Å²) in [4.78, 5) is 25.2. The molecule has 0 atom stereocenters. The summed E-state index contributed by atoms with van der Waals surface area (Å²) in [6, 6.07) is 6.23. The first-order chi connectivity index (χ1) is 11.6. The molecule has 3 amide bonds. The van der Waals surface area contributed by atoms with Crippen LogP contribution in [0.3, 0.4) is 0 Å². The van der Waals surface area contributed by atoms with Crippen LogP contribution in [-0.2, 0) is 11.8 Å². The minimum absolute atomic E-state index is 0. The zero-order valence-electron chi connectivity index (χ0n) is 14.2. The summed E-state index contributed by atoms with van der Waals surface area (Å²) in [7, 11) is 2.01. The highest BCUT2D eigenvalue weighted by molar-refractivity contribution is 6.10. The maximum atomic E-state index is 12.2. The number of halogens is 1. The van der Waals surface area contributed by atoms with Gasteiger partial charge in [-0.15, -0.1) is 12.4 Å². The summed E-state index contributed by atoms with van der Waals surface area (Å²) in [6.07, 6.45) is 4.65. The van der Waals surface area contributed by atoms with Crippen molar-refractivity contribution in [1.29, 1.82) is 0 Å². The molecule has 1 aromatic heterocycles. The number of fused-ring (bicyclic) bond motifs is 1. The first kappa shape index (κ1) is 17.8. The number of benzene rings is 1. The number of carbonyl (C=O) groups excluding carboxylic acids is 2.